The molecular formula is C15H21NO2. The van der Waals surface area contributed by atoms with Crippen LogP contribution in [0.5, 0.6) is 0 Å². The number of hydrogen-bond acceptors (Lipinski definition) is 3. The van der Waals surface area contributed by atoms with E-state index in [0.29, 0.717) is 13.2 Å². The van der Waals surface area contributed by atoms with Gasteiger partial charge in [-0.1, -0.05) is 26.8 Å². The van der Waals surface area contributed by atoms with Crippen molar-refractivity contribution in [3.05, 3.63) is 35.1 Å². The van der Waals surface area contributed by atoms with Crippen LogP contribution in [-0.2, 0) is 23.3 Å². The molecule has 1 aromatic heterocycles. The Labute approximate surface area is 108 Å². The molecule has 0 aliphatic carbocycles. The zero-order valence-corrected chi connectivity index (χ0v) is 11.5. The molecule has 0 radical (unpaired) electrons. The van der Waals surface area contributed by atoms with E-state index in [4.69, 9.17) is 14.9 Å². The van der Waals surface area contributed by atoms with Crippen molar-refractivity contribution in [2.45, 2.75) is 39.3 Å². The van der Waals surface area contributed by atoms with Crippen LogP contribution in [0.25, 0.3) is 11.0 Å². The summed E-state index contributed by atoms with van der Waals surface area (Å²) in [5.41, 5.74) is 9.09. The molecule has 3 heteroatoms. The van der Waals surface area contributed by atoms with Gasteiger partial charge in [-0.2, -0.15) is 0 Å². The van der Waals surface area contributed by atoms with Crippen LogP contribution < -0.4 is 5.73 Å². The first-order valence-electron chi connectivity index (χ1n) is 6.21. The maximum Gasteiger partial charge on any atom is 0.134 e. The highest BCUT2D eigenvalue weighted by atomic mass is 16.5. The third-order valence-electron chi connectivity index (χ3n) is 3.21. The monoisotopic (exact) mass is 247 g/mol. The minimum Gasteiger partial charge on any atom is -0.459 e. The molecule has 2 N–H and O–H groups in total. The van der Waals surface area contributed by atoms with Crippen LogP contribution in [-0.4, -0.2) is 7.11 Å². The number of hydrogen-bond donors (Lipinski definition) is 1. The summed E-state index contributed by atoms with van der Waals surface area (Å²) in [7, 11) is 1.69. The van der Waals surface area contributed by atoms with Gasteiger partial charge in [0.1, 0.15) is 11.3 Å². The summed E-state index contributed by atoms with van der Waals surface area (Å²) in [5.74, 6) is 0.818. The minimum absolute atomic E-state index is 0.124. The summed E-state index contributed by atoms with van der Waals surface area (Å²) >= 11 is 0. The van der Waals surface area contributed by atoms with Crippen molar-refractivity contribution in [3.63, 3.8) is 0 Å². The third kappa shape index (κ3) is 2.28. The van der Waals surface area contributed by atoms with Crippen molar-refractivity contribution in [2.75, 3.05) is 7.11 Å². The molecule has 0 aliphatic rings. The molecule has 0 fully saturated rings. The number of rotatable bonds is 3. The predicted octanol–water partition coefficient (Wildman–Crippen LogP) is 3.34. The Bertz CT molecular complexity index is 549. The zero-order chi connectivity index (χ0) is 13.3. The van der Waals surface area contributed by atoms with E-state index in [1.165, 1.54) is 5.56 Å². The van der Waals surface area contributed by atoms with Crippen molar-refractivity contribution < 1.29 is 9.15 Å². The van der Waals surface area contributed by atoms with Gasteiger partial charge in [-0.3, -0.25) is 0 Å². The summed E-state index contributed by atoms with van der Waals surface area (Å²) < 4.78 is 11.0. The fourth-order valence-corrected chi connectivity index (χ4v) is 2.13. The largest absolute Gasteiger partial charge is 0.459 e. The lowest BCUT2D eigenvalue weighted by Crippen LogP contribution is -2.10. The van der Waals surface area contributed by atoms with Crippen molar-refractivity contribution >= 4 is 11.0 Å². The fourth-order valence-electron chi connectivity index (χ4n) is 2.13. The zero-order valence-electron chi connectivity index (χ0n) is 11.5. The second-order valence-electron chi connectivity index (χ2n) is 5.60. The van der Waals surface area contributed by atoms with Crippen LogP contribution in [0, 0.1) is 0 Å². The van der Waals surface area contributed by atoms with Gasteiger partial charge in [0.2, 0.25) is 0 Å². The Morgan fingerprint density at radius 3 is 2.56 bits per heavy atom. The van der Waals surface area contributed by atoms with Crippen LogP contribution in [0.2, 0.25) is 0 Å². The van der Waals surface area contributed by atoms with Crippen molar-refractivity contribution in [3.8, 4) is 0 Å². The second kappa shape index (κ2) is 4.75. The number of furan rings is 1. The SMILES string of the molecule is COCc1c(CN)oc2ccc(C(C)(C)C)cc12. The van der Waals surface area contributed by atoms with Crippen LogP contribution in [0.1, 0.15) is 37.7 Å². The average Bonchev–Trinajstić information content (AvgIpc) is 2.66. The lowest BCUT2D eigenvalue weighted by Gasteiger charge is -2.18. The van der Waals surface area contributed by atoms with E-state index in [9.17, 15) is 0 Å². The molecule has 18 heavy (non-hydrogen) atoms. The van der Waals surface area contributed by atoms with E-state index in [1.807, 2.05) is 6.07 Å². The molecule has 3 nitrogen and oxygen atoms in total. The minimum atomic E-state index is 0.124. The van der Waals surface area contributed by atoms with E-state index in [-0.39, 0.29) is 5.41 Å². The highest BCUT2D eigenvalue weighted by molar-refractivity contribution is 5.83. The molecule has 1 heterocycles. The number of methoxy groups -OCH3 is 1. The average molecular weight is 247 g/mol. The lowest BCUT2D eigenvalue weighted by molar-refractivity contribution is 0.184. The first-order chi connectivity index (χ1) is 8.47. The normalized spacial score (nSPS) is 12.3. The quantitative estimate of drug-likeness (QED) is 0.905. The Balaban J connectivity index is 2.63. The van der Waals surface area contributed by atoms with Crippen molar-refractivity contribution in [1.82, 2.24) is 0 Å². The number of fused-ring (bicyclic) bond motifs is 1. The van der Waals surface area contributed by atoms with Crippen LogP contribution >= 0.6 is 0 Å². The van der Waals surface area contributed by atoms with Gasteiger partial charge in [0.15, 0.2) is 0 Å². The van der Waals surface area contributed by atoms with Crippen molar-refractivity contribution in [2.24, 2.45) is 5.73 Å². The van der Waals surface area contributed by atoms with Gasteiger partial charge < -0.3 is 14.9 Å². The van der Waals surface area contributed by atoms with Crippen LogP contribution in [0.3, 0.4) is 0 Å². The molecule has 1 aromatic carbocycles. The maximum atomic E-state index is 5.76. The molecular weight excluding hydrogens is 226 g/mol. The van der Waals surface area contributed by atoms with Gasteiger partial charge >= 0.3 is 0 Å². The topological polar surface area (TPSA) is 48.4 Å². The Kier molecular flexibility index (Phi) is 3.46. The molecule has 0 spiro atoms. The second-order valence-corrected chi connectivity index (χ2v) is 5.60. The number of benzene rings is 1. The summed E-state index contributed by atoms with van der Waals surface area (Å²) in [5, 5.41) is 1.12. The van der Waals surface area contributed by atoms with Gasteiger partial charge in [-0.05, 0) is 23.1 Å². The van der Waals surface area contributed by atoms with E-state index in [1.54, 1.807) is 7.11 Å². The fraction of sp³-hybridized carbons (Fsp3) is 0.467. The van der Waals surface area contributed by atoms with Gasteiger partial charge in [0.05, 0.1) is 13.2 Å². The van der Waals surface area contributed by atoms with Gasteiger partial charge in [-0.25, -0.2) is 0 Å². The van der Waals surface area contributed by atoms with E-state index in [2.05, 4.69) is 32.9 Å². The van der Waals surface area contributed by atoms with Gasteiger partial charge in [0, 0.05) is 18.1 Å². The van der Waals surface area contributed by atoms with E-state index in [0.717, 1.165) is 22.3 Å². The van der Waals surface area contributed by atoms with E-state index < -0.39 is 0 Å². The first kappa shape index (κ1) is 13.1. The van der Waals surface area contributed by atoms with Gasteiger partial charge in [0.25, 0.3) is 0 Å². The summed E-state index contributed by atoms with van der Waals surface area (Å²) in [4.78, 5) is 0. The highest BCUT2D eigenvalue weighted by Gasteiger charge is 2.18. The molecule has 0 bridgehead atoms. The first-order valence-corrected chi connectivity index (χ1v) is 6.21. The molecule has 0 aliphatic heterocycles. The summed E-state index contributed by atoms with van der Waals surface area (Å²) in [6, 6.07) is 6.32. The summed E-state index contributed by atoms with van der Waals surface area (Å²) in [6.07, 6.45) is 0. The van der Waals surface area contributed by atoms with Crippen LogP contribution in [0.4, 0.5) is 0 Å². The lowest BCUT2D eigenvalue weighted by atomic mass is 9.86. The standard InChI is InChI=1S/C15H21NO2/c1-15(2,3)10-5-6-13-11(7-10)12(9-17-4)14(8-16)18-13/h5-7H,8-9,16H2,1-4H3. The number of ether oxygens (including phenoxy) is 1. The third-order valence-corrected chi connectivity index (χ3v) is 3.21. The molecule has 0 atom stereocenters. The Hall–Kier alpha value is -1.32. The van der Waals surface area contributed by atoms with Crippen molar-refractivity contribution in [1.29, 1.82) is 0 Å². The smallest absolute Gasteiger partial charge is 0.134 e. The molecule has 98 valence electrons. The molecule has 2 aromatic rings. The predicted molar refractivity (Wildman–Crippen MR) is 73.5 cm³/mol. The Morgan fingerprint density at radius 2 is 2.00 bits per heavy atom. The Morgan fingerprint density at radius 1 is 1.28 bits per heavy atom. The molecule has 0 saturated heterocycles. The molecule has 0 amide bonds. The van der Waals surface area contributed by atoms with Gasteiger partial charge in [-0.15, -0.1) is 0 Å². The maximum absolute atomic E-state index is 5.76. The number of nitrogens with two attached hydrogens (primary N) is 1. The van der Waals surface area contributed by atoms with E-state index >= 15 is 0 Å². The summed E-state index contributed by atoms with van der Waals surface area (Å²) in [6.45, 7) is 7.54. The molecule has 0 saturated carbocycles. The highest BCUT2D eigenvalue weighted by Crippen LogP contribution is 2.31. The molecule has 0 unspecified atom stereocenters. The molecule has 2 rings (SSSR count). The van der Waals surface area contributed by atoms with Crippen LogP contribution in [0.15, 0.2) is 22.6 Å².